The van der Waals surface area contributed by atoms with E-state index in [0.717, 1.165) is 28.8 Å². The molecule has 2 amide bonds. The monoisotopic (exact) mass is 576 g/mol. The van der Waals surface area contributed by atoms with E-state index in [1.807, 2.05) is 33.8 Å². The van der Waals surface area contributed by atoms with Crippen LogP contribution in [0.1, 0.15) is 86.8 Å². The molecule has 1 aliphatic carbocycles. The van der Waals surface area contributed by atoms with E-state index in [-0.39, 0.29) is 35.3 Å². The summed E-state index contributed by atoms with van der Waals surface area (Å²) in [4.78, 5) is 43.5. The third kappa shape index (κ3) is 5.65. The molecule has 42 heavy (non-hydrogen) atoms. The van der Waals surface area contributed by atoms with Crippen molar-refractivity contribution in [3.05, 3.63) is 93.4 Å². The summed E-state index contributed by atoms with van der Waals surface area (Å²) in [7, 11) is 0. The van der Waals surface area contributed by atoms with Gasteiger partial charge in [0.15, 0.2) is 17.3 Å². The Morgan fingerprint density at radius 2 is 1.86 bits per heavy atom. The van der Waals surface area contributed by atoms with Crippen molar-refractivity contribution in [3.63, 3.8) is 0 Å². The molecule has 10 nitrogen and oxygen atoms in total. The first-order chi connectivity index (χ1) is 19.8. The number of amides is 2. The number of hydrogen-bond acceptors (Lipinski definition) is 7. The number of nitrogen functional groups attached to an aromatic ring is 1. The number of nitrogens with zero attached hydrogens (tertiary/aromatic N) is 3. The summed E-state index contributed by atoms with van der Waals surface area (Å²) in [5.74, 6) is -3.58. The van der Waals surface area contributed by atoms with E-state index in [1.54, 1.807) is 6.07 Å². The van der Waals surface area contributed by atoms with Crippen LogP contribution >= 0.6 is 0 Å². The molecule has 1 aliphatic rings. The maximum atomic E-state index is 13.6. The van der Waals surface area contributed by atoms with Crippen LogP contribution < -0.4 is 16.4 Å². The highest BCUT2D eigenvalue weighted by Crippen LogP contribution is 2.35. The quantitative estimate of drug-likeness (QED) is 0.292. The summed E-state index contributed by atoms with van der Waals surface area (Å²) in [5, 5.41) is 9.76. The molecule has 4 N–H and O–H groups in total. The van der Waals surface area contributed by atoms with E-state index in [0.29, 0.717) is 24.0 Å². The SMILES string of the molecule is Cc1c(C(=O)OC(C)(C)C)ccc2c1CC[C@@H]2NC(=O)c1cc(C(=O)NCc2ccc(F)c(F)c2)nc2c(N)cnn12. The first-order valence-electron chi connectivity index (χ1n) is 13.4. The zero-order chi connectivity index (χ0) is 30.3. The zero-order valence-electron chi connectivity index (χ0n) is 23.5. The molecule has 2 heterocycles. The number of carbonyl (C=O) groups is 3. The van der Waals surface area contributed by atoms with Gasteiger partial charge in [-0.2, -0.15) is 5.10 Å². The minimum Gasteiger partial charge on any atom is -0.456 e. The van der Waals surface area contributed by atoms with E-state index >= 15 is 0 Å². The average Bonchev–Trinajstić information content (AvgIpc) is 3.51. The normalized spacial score (nSPS) is 14.5. The molecule has 1 atom stereocenters. The summed E-state index contributed by atoms with van der Waals surface area (Å²) in [6, 6.07) is 7.78. The minimum absolute atomic E-state index is 0.0326. The third-order valence-electron chi connectivity index (χ3n) is 7.02. The maximum absolute atomic E-state index is 13.6. The topological polar surface area (TPSA) is 141 Å². The van der Waals surface area contributed by atoms with Gasteiger partial charge in [-0.3, -0.25) is 9.59 Å². The Morgan fingerprint density at radius 3 is 2.57 bits per heavy atom. The minimum atomic E-state index is -1.03. The van der Waals surface area contributed by atoms with Gasteiger partial charge in [-0.25, -0.2) is 23.1 Å². The van der Waals surface area contributed by atoms with E-state index < -0.39 is 35.0 Å². The molecule has 2 aromatic heterocycles. The van der Waals surface area contributed by atoms with Crippen molar-refractivity contribution < 1.29 is 27.9 Å². The molecule has 0 fully saturated rings. The van der Waals surface area contributed by atoms with Crippen LogP contribution in [0, 0.1) is 18.6 Å². The Kier molecular flexibility index (Phi) is 7.40. The predicted octanol–water partition coefficient (Wildman–Crippen LogP) is 4.20. The van der Waals surface area contributed by atoms with Crippen molar-refractivity contribution >= 4 is 29.1 Å². The predicted molar refractivity (Wildman–Crippen MR) is 150 cm³/mol. The van der Waals surface area contributed by atoms with Gasteiger partial charge in [-0.1, -0.05) is 12.1 Å². The first-order valence-corrected chi connectivity index (χ1v) is 13.4. The zero-order valence-corrected chi connectivity index (χ0v) is 23.5. The van der Waals surface area contributed by atoms with E-state index in [9.17, 15) is 23.2 Å². The third-order valence-corrected chi connectivity index (χ3v) is 7.02. The fourth-order valence-corrected chi connectivity index (χ4v) is 5.00. The van der Waals surface area contributed by atoms with Gasteiger partial charge in [0.25, 0.3) is 11.8 Å². The molecule has 2 aromatic carbocycles. The summed E-state index contributed by atoms with van der Waals surface area (Å²) < 4.78 is 33.6. The lowest BCUT2D eigenvalue weighted by Crippen LogP contribution is -2.31. The molecule has 5 rings (SSSR count). The number of carbonyl (C=O) groups excluding carboxylic acids is 3. The molecule has 0 saturated heterocycles. The molecular weight excluding hydrogens is 546 g/mol. The number of halogens is 2. The van der Waals surface area contributed by atoms with Crippen LogP contribution in [-0.2, 0) is 17.7 Å². The van der Waals surface area contributed by atoms with Crippen molar-refractivity contribution in [2.45, 2.75) is 58.7 Å². The summed E-state index contributed by atoms with van der Waals surface area (Å²) in [6.45, 7) is 7.20. The number of nitrogens with two attached hydrogens (primary N) is 1. The fraction of sp³-hybridized carbons (Fsp3) is 0.300. The van der Waals surface area contributed by atoms with Gasteiger partial charge in [0.2, 0.25) is 0 Å². The van der Waals surface area contributed by atoms with Crippen LogP contribution in [0.25, 0.3) is 5.65 Å². The number of esters is 1. The lowest BCUT2D eigenvalue weighted by atomic mass is 9.97. The van der Waals surface area contributed by atoms with Crippen LogP contribution in [0.4, 0.5) is 14.5 Å². The number of nitrogens with one attached hydrogen (secondary N) is 2. The number of rotatable bonds is 6. The smallest absolute Gasteiger partial charge is 0.338 e. The van der Waals surface area contributed by atoms with Crippen molar-refractivity contribution in [1.29, 1.82) is 0 Å². The van der Waals surface area contributed by atoms with E-state index in [1.165, 1.54) is 22.8 Å². The van der Waals surface area contributed by atoms with Gasteiger partial charge in [-0.05, 0) is 81.0 Å². The number of anilines is 1. The van der Waals surface area contributed by atoms with Crippen molar-refractivity contribution in [1.82, 2.24) is 25.2 Å². The highest BCUT2D eigenvalue weighted by molar-refractivity contribution is 5.99. The number of hydrogen-bond donors (Lipinski definition) is 3. The Labute approximate surface area is 240 Å². The van der Waals surface area contributed by atoms with E-state index in [4.69, 9.17) is 10.5 Å². The molecular formula is C30H30F2N6O4. The second-order valence-corrected chi connectivity index (χ2v) is 11.2. The molecule has 0 unspecified atom stereocenters. The molecule has 0 spiro atoms. The Morgan fingerprint density at radius 1 is 1.10 bits per heavy atom. The van der Waals surface area contributed by atoms with Gasteiger partial charge < -0.3 is 21.1 Å². The highest BCUT2D eigenvalue weighted by atomic mass is 19.2. The van der Waals surface area contributed by atoms with Crippen LogP contribution in [0.3, 0.4) is 0 Å². The lowest BCUT2D eigenvalue weighted by molar-refractivity contribution is 0.00683. The molecule has 0 saturated carbocycles. The van der Waals surface area contributed by atoms with Crippen molar-refractivity contribution in [2.24, 2.45) is 0 Å². The molecule has 0 radical (unpaired) electrons. The molecule has 12 heteroatoms. The van der Waals surface area contributed by atoms with Crippen LogP contribution in [0.15, 0.2) is 42.6 Å². The van der Waals surface area contributed by atoms with Crippen LogP contribution in [0.2, 0.25) is 0 Å². The van der Waals surface area contributed by atoms with Crippen LogP contribution in [-0.4, -0.2) is 38.0 Å². The Balaban J connectivity index is 1.38. The second kappa shape index (κ2) is 10.8. The van der Waals surface area contributed by atoms with Crippen molar-refractivity contribution in [3.8, 4) is 0 Å². The first kappa shape index (κ1) is 28.7. The number of benzene rings is 2. The summed E-state index contributed by atoms with van der Waals surface area (Å²) in [5.41, 5.74) is 9.09. The Hall–Kier alpha value is -4.87. The van der Waals surface area contributed by atoms with Gasteiger partial charge >= 0.3 is 5.97 Å². The average molecular weight is 577 g/mol. The molecule has 4 aromatic rings. The van der Waals surface area contributed by atoms with Gasteiger partial charge in [0.05, 0.1) is 23.5 Å². The maximum Gasteiger partial charge on any atom is 0.338 e. The summed E-state index contributed by atoms with van der Waals surface area (Å²) >= 11 is 0. The standard InChI is InChI=1S/C30H30F2N6O4/c1-15-17-8-10-23(19(17)7-6-18(15)29(41)42-30(2,3)4)37-28(40)25-12-24(36-26-22(33)14-35-38(25)26)27(39)34-13-16-5-9-20(31)21(32)11-16/h5-7,9,11-12,14,23H,8,10,13,33H2,1-4H3,(H,34,39)(H,37,40)/t23-/m0/s1. The Bertz CT molecular complexity index is 1740. The lowest BCUT2D eigenvalue weighted by Gasteiger charge is -2.21. The van der Waals surface area contributed by atoms with Gasteiger partial charge in [0, 0.05) is 12.6 Å². The van der Waals surface area contributed by atoms with E-state index in [2.05, 4.69) is 20.7 Å². The highest BCUT2D eigenvalue weighted by Gasteiger charge is 2.30. The second-order valence-electron chi connectivity index (χ2n) is 11.2. The molecule has 218 valence electrons. The van der Waals surface area contributed by atoms with Crippen molar-refractivity contribution in [2.75, 3.05) is 5.73 Å². The number of aromatic nitrogens is 3. The fourth-order valence-electron chi connectivity index (χ4n) is 5.00. The van der Waals surface area contributed by atoms with Crippen LogP contribution in [0.5, 0.6) is 0 Å². The van der Waals surface area contributed by atoms with Gasteiger partial charge in [0.1, 0.15) is 17.0 Å². The molecule has 0 bridgehead atoms. The number of fused-ring (bicyclic) bond motifs is 2. The number of ether oxygens (including phenoxy) is 1. The summed E-state index contributed by atoms with van der Waals surface area (Å²) in [6.07, 6.45) is 2.59. The van der Waals surface area contributed by atoms with Gasteiger partial charge in [-0.15, -0.1) is 0 Å². The largest absolute Gasteiger partial charge is 0.456 e. The molecule has 0 aliphatic heterocycles.